The lowest BCUT2D eigenvalue weighted by atomic mass is 10.3. The Bertz CT molecular complexity index is 46.4. The molecule has 0 fully saturated rings. The second-order valence-electron chi connectivity index (χ2n) is 0.495. The molecule has 0 atom stereocenters. The Kier molecular flexibility index (Phi) is 4.61. The number of rotatable bonds is 0. The zero-order valence-corrected chi connectivity index (χ0v) is 3.04. The van der Waals surface area contributed by atoms with Gasteiger partial charge in [0.2, 0.25) is 5.39 Å². The van der Waals surface area contributed by atoms with Crippen molar-refractivity contribution in [2.45, 2.75) is 0 Å². The van der Waals surface area contributed by atoms with Crippen LogP contribution in [0.4, 0.5) is 17.3 Å². The van der Waals surface area contributed by atoms with Gasteiger partial charge in [-0.25, -0.2) is 0 Å². The van der Waals surface area contributed by atoms with Gasteiger partial charge in [-0.3, -0.25) is 0 Å². The lowest BCUT2D eigenvalue weighted by molar-refractivity contribution is -0.175. The predicted molar refractivity (Wildman–Crippen MR) is 12.9 cm³/mol. The van der Waals surface area contributed by atoms with E-state index in [0.29, 0.717) is 0 Å². The second kappa shape index (κ2) is 3.40. The predicted octanol–water partition coefficient (Wildman–Crippen LogP) is -0.421. The first-order valence-electron chi connectivity index (χ1n) is 1.10. The molecule has 0 saturated heterocycles. The smallest absolute Gasteiger partial charge is 0.418 e. The van der Waals surface area contributed by atoms with Crippen molar-refractivity contribution in [1.82, 2.24) is 0 Å². The number of hydrogen-bond acceptors (Lipinski definition) is 1. The molecule has 0 aliphatic rings. The second-order valence-corrected chi connectivity index (χ2v) is 0.495. The van der Waals surface area contributed by atoms with Crippen molar-refractivity contribution in [3.63, 3.8) is 0 Å². The van der Waals surface area contributed by atoms with Crippen LogP contribution in [0.15, 0.2) is 0 Å². The van der Waals surface area contributed by atoms with Crippen LogP contribution in [0.25, 0.3) is 0 Å². The summed E-state index contributed by atoms with van der Waals surface area (Å²) in [6, 6.07) is 0. The van der Waals surface area contributed by atoms with Crippen molar-refractivity contribution in [2.24, 2.45) is 0 Å². The molecule has 0 aliphatic carbocycles. The van der Waals surface area contributed by atoms with Gasteiger partial charge in [-0.05, 0) is 0 Å². The van der Waals surface area contributed by atoms with Gasteiger partial charge in [0, 0.05) is 0 Å². The van der Waals surface area contributed by atoms with Crippen LogP contribution in [0.2, 0.25) is 0 Å². The van der Waals surface area contributed by atoms with E-state index in [1.54, 1.807) is 0 Å². The van der Waals surface area contributed by atoms with Gasteiger partial charge in [0.15, 0.2) is 0 Å². The Morgan fingerprint density at radius 1 is 1.00 bits per heavy atom. The summed E-state index contributed by atoms with van der Waals surface area (Å²) in [4.78, 5) is 0. The fourth-order valence-electron chi connectivity index (χ4n) is 0. The highest BCUT2D eigenvalue weighted by Crippen LogP contribution is 2.06. The van der Waals surface area contributed by atoms with Crippen LogP contribution in [-0.4, -0.2) is 7.25 Å². The lowest BCUT2D eigenvalue weighted by Gasteiger charge is -1.94. The third-order valence-corrected chi connectivity index (χ3v) is 0. The standard InChI is InChI=1S/BF4.N2/c2-1(3,4)5;1-2/q-1;/p+1. The zero-order valence-electron chi connectivity index (χ0n) is 3.04. The molecule has 0 rings (SSSR count). The molecule has 0 aromatic carbocycles. The van der Waals surface area contributed by atoms with Gasteiger partial charge >= 0.3 is 7.25 Å². The van der Waals surface area contributed by atoms with Gasteiger partial charge in [-0.2, -0.15) is 0 Å². The summed E-state index contributed by atoms with van der Waals surface area (Å²) >= 11 is 0. The largest absolute Gasteiger partial charge is 0.673 e. The van der Waals surface area contributed by atoms with Crippen LogP contribution in [0.1, 0.15) is 0 Å². The summed E-state index contributed by atoms with van der Waals surface area (Å²) in [7, 11) is -6.00. The minimum atomic E-state index is -6.00. The fourth-order valence-corrected chi connectivity index (χ4v) is 0. The SMILES string of the molecule is F[B-](F)(F)F.N#[NH+]. The molecule has 0 heterocycles. The molecule has 0 radical (unpaired) electrons. The highest BCUT2D eigenvalue weighted by molar-refractivity contribution is 6.50. The molecule has 0 saturated carbocycles. The molecule has 1 N–H and O–H groups in total. The molecule has 0 unspecified atom stereocenters. The molecule has 7 heavy (non-hydrogen) atoms. The minimum Gasteiger partial charge on any atom is -0.418 e. The van der Waals surface area contributed by atoms with Gasteiger partial charge in [-0.15, -0.1) is 0 Å². The first-order valence-corrected chi connectivity index (χ1v) is 1.10. The molecule has 0 aromatic rings. The van der Waals surface area contributed by atoms with Crippen molar-refractivity contribution in [2.75, 3.05) is 0 Å². The van der Waals surface area contributed by atoms with Crippen molar-refractivity contribution in [3.05, 3.63) is 0 Å². The molecule has 0 bridgehead atoms. The molecule has 42 valence electrons. The molecule has 0 aromatic heterocycles. The van der Waals surface area contributed by atoms with E-state index in [0.717, 1.165) is 0 Å². The molecule has 0 amide bonds. The van der Waals surface area contributed by atoms with Crippen molar-refractivity contribution < 1.29 is 22.7 Å². The first kappa shape index (κ1) is 9.51. The maximum absolute atomic E-state index is 9.75. The molecule has 0 spiro atoms. The highest BCUT2D eigenvalue weighted by Gasteiger charge is 2.20. The molecule has 0 aliphatic heterocycles. The van der Waals surface area contributed by atoms with Crippen molar-refractivity contribution >= 4 is 7.25 Å². The summed E-state index contributed by atoms with van der Waals surface area (Å²) in [6.45, 7) is 0. The van der Waals surface area contributed by atoms with E-state index in [9.17, 15) is 17.3 Å². The molecular weight excluding hydrogens is 115 g/mol. The summed E-state index contributed by atoms with van der Waals surface area (Å²) in [5.41, 5.74) is 0. The van der Waals surface area contributed by atoms with Crippen LogP contribution in [0.3, 0.4) is 0 Å². The third kappa shape index (κ3) is 84.6. The monoisotopic (exact) mass is 116 g/mol. The quantitative estimate of drug-likeness (QED) is 0.260. The van der Waals surface area contributed by atoms with E-state index in [4.69, 9.17) is 10.8 Å². The van der Waals surface area contributed by atoms with Crippen molar-refractivity contribution in [3.8, 4) is 0 Å². The number of hydrogen-bond donors (Lipinski definition) is 1. The van der Waals surface area contributed by atoms with Gasteiger partial charge in [-0.1, -0.05) is 0 Å². The lowest BCUT2D eigenvalue weighted by Crippen LogP contribution is -2.11. The number of nitrogens with zero attached hydrogens (tertiary/aromatic N) is 1. The van der Waals surface area contributed by atoms with Gasteiger partial charge in [0.25, 0.3) is 0 Å². The molecule has 2 nitrogen and oxygen atoms in total. The van der Waals surface area contributed by atoms with E-state index in [1.807, 2.05) is 0 Å². The normalized spacial score (nSPS) is 8.86. The van der Waals surface area contributed by atoms with Crippen LogP contribution < -0.4 is 5.39 Å². The van der Waals surface area contributed by atoms with Crippen molar-refractivity contribution in [1.29, 1.82) is 5.39 Å². The number of nitrogens with one attached hydrogen (secondary N) is 1. The highest BCUT2D eigenvalue weighted by atomic mass is 19.5. The average molecular weight is 116 g/mol. The fraction of sp³-hybridized carbons (Fsp3) is 0. The Morgan fingerprint density at radius 3 is 1.00 bits per heavy atom. The first-order chi connectivity index (χ1) is 3.00. The average Bonchev–Trinajstić information content (AvgIpc) is 1.36. The maximum atomic E-state index is 9.75. The van der Waals surface area contributed by atoms with Crippen LogP contribution in [-0.2, 0) is 0 Å². The Balaban J connectivity index is 0. The minimum absolute atomic E-state index is 4.75. The summed E-state index contributed by atoms with van der Waals surface area (Å²) in [5, 5.41) is 11.0. The Labute approximate surface area is 36.6 Å². The van der Waals surface area contributed by atoms with Gasteiger partial charge < -0.3 is 17.3 Å². The van der Waals surface area contributed by atoms with E-state index < -0.39 is 7.25 Å². The number of halogens is 4. The Hall–Kier alpha value is -0.795. The van der Waals surface area contributed by atoms with E-state index >= 15 is 0 Å². The zero-order chi connectivity index (χ0) is 6.50. The summed E-state index contributed by atoms with van der Waals surface area (Å²) < 4.78 is 39.0. The van der Waals surface area contributed by atoms with Gasteiger partial charge in [0.05, 0.1) is 5.39 Å². The summed E-state index contributed by atoms with van der Waals surface area (Å²) in [6.07, 6.45) is 0. The molecular formula is HBF4N2. The summed E-state index contributed by atoms with van der Waals surface area (Å²) in [5.74, 6) is 0. The molecule has 7 heteroatoms. The Morgan fingerprint density at radius 2 is 1.00 bits per heavy atom. The van der Waals surface area contributed by atoms with Crippen LogP contribution in [0.5, 0.6) is 0 Å². The maximum Gasteiger partial charge on any atom is 0.673 e. The van der Waals surface area contributed by atoms with Crippen LogP contribution in [0, 0.1) is 5.39 Å². The van der Waals surface area contributed by atoms with E-state index in [-0.39, 0.29) is 0 Å². The topological polar surface area (TPSA) is 47.6 Å². The van der Waals surface area contributed by atoms with Crippen LogP contribution >= 0.6 is 0 Å². The number of diazo groups is 1. The van der Waals surface area contributed by atoms with E-state index in [1.165, 1.54) is 0 Å². The van der Waals surface area contributed by atoms with Gasteiger partial charge in [0.1, 0.15) is 0 Å². The van der Waals surface area contributed by atoms with E-state index in [2.05, 4.69) is 0 Å². The third-order valence-electron chi connectivity index (χ3n) is 0.